The fourth-order valence-corrected chi connectivity index (χ4v) is 2.00. The Morgan fingerprint density at radius 2 is 1.64 bits per heavy atom. The molecular formula is C17H13ClFN3O2S. The van der Waals surface area contributed by atoms with E-state index in [9.17, 15) is 14.0 Å². The van der Waals surface area contributed by atoms with Crippen LogP contribution in [0, 0.1) is 5.82 Å². The van der Waals surface area contributed by atoms with E-state index < -0.39 is 11.8 Å². The smallest absolute Gasteiger partial charge is 0.269 e. The number of thiocarbonyl (C=S) groups is 1. The number of halogens is 2. The van der Waals surface area contributed by atoms with E-state index >= 15 is 0 Å². The summed E-state index contributed by atoms with van der Waals surface area (Å²) in [5.74, 6) is -1.29. The molecule has 0 saturated heterocycles. The van der Waals surface area contributed by atoms with E-state index in [0.717, 1.165) is 0 Å². The van der Waals surface area contributed by atoms with Gasteiger partial charge >= 0.3 is 0 Å². The number of carbonyl (C=O) groups excluding carboxylic acids is 2. The molecule has 0 bridgehead atoms. The first-order valence-corrected chi connectivity index (χ1v) is 7.83. The Bertz CT molecular complexity index is 808. The van der Waals surface area contributed by atoms with Crippen LogP contribution in [0.3, 0.4) is 0 Å². The standard InChI is InChI=1S/C17H13ClFN3O2S/c18-13-6-4-12(5-7-13)16(24)21-22-17(25)20-15(23)10-3-11-1-8-14(19)9-2-11/h1-10H,(H,21,24)(H2,20,22,23,25)/b10-3+. The number of benzene rings is 2. The molecule has 0 heterocycles. The molecule has 0 atom stereocenters. The molecule has 25 heavy (non-hydrogen) atoms. The summed E-state index contributed by atoms with van der Waals surface area (Å²) in [5.41, 5.74) is 5.80. The topological polar surface area (TPSA) is 70.2 Å². The second kappa shape index (κ2) is 8.91. The van der Waals surface area contributed by atoms with Crippen LogP contribution in [0.25, 0.3) is 6.08 Å². The molecule has 0 aromatic heterocycles. The first kappa shape index (κ1) is 18.6. The molecule has 0 saturated carbocycles. The second-order valence-electron chi connectivity index (χ2n) is 4.79. The third kappa shape index (κ3) is 6.33. The number of hydrogen-bond donors (Lipinski definition) is 3. The average molecular weight is 378 g/mol. The fraction of sp³-hybridized carbons (Fsp3) is 0. The van der Waals surface area contributed by atoms with Crippen molar-refractivity contribution in [2.24, 2.45) is 0 Å². The first-order chi connectivity index (χ1) is 11.9. The van der Waals surface area contributed by atoms with Crippen LogP contribution in [0.2, 0.25) is 5.02 Å². The summed E-state index contributed by atoms with van der Waals surface area (Å²) >= 11 is 10.6. The molecule has 0 aliphatic heterocycles. The molecule has 2 aromatic carbocycles. The van der Waals surface area contributed by atoms with E-state index in [4.69, 9.17) is 23.8 Å². The van der Waals surface area contributed by atoms with Gasteiger partial charge in [0, 0.05) is 16.7 Å². The second-order valence-corrected chi connectivity index (χ2v) is 5.63. The molecule has 128 valence electrons. The zero-order valence-corrected chi connectivity index (χ0v) is 14.3. The van der Waals surface area contributed by atoms with E-state index in [2.05, 4.69) is 16.2 Å². The van der Waals surface area contributed by atoms with Crippen molar-refractivity contribution in [1.29, 1.82) is 0 Å². The minimum absolute atomic E-state index is 0.0731. The van der Waals surface area contributed by atoms with Crippen molar-refractivity contribution in [1.82, 2.24) is 16.2 Å². The van der Waals surface area contributed by atoms with Crippen LogP contribution in [0.5, 0.6) is 0 Å². The maximum atomic E-state index is 12.8. The van der Waals surface area contributed by atoms with Crippen molar-refractivity contribution < 1.29 is 14.0 Å². The Morgan fingerprint density at radius 3 is 2.28 bits per heavy atom. The number of nitrogens with one attached hydrogen (secondary N) is 3. The predicted octanol–water partition coefficient (Wildman–Crippen LogP) is 2.83. The van der Waals surface area contributed by atoms with E-state index in [1.807, 2.05) is 0 Å². The van der Waals surface area contributed by atoms with Gasteiger partial charge in [0.1, 0.15) is 5.82 Å². The van der Waals surface area contributed by atoms with Gasteiger partial charge in [0.25, 0.3) is 5.91 Å². The van der Waals surface area contributed by atoms with Gasteiger partial charge in [0.2, 0.25) is 5.91 Å². The van der Waals surface area contributed by atoms with Crippen LogP contribution in [-0.2, 0) is 4.79 Å². The van der Waals surface area contributed by atoms with Gasteiger partial charge in [-0.2, -0.15) is 0 Å². The van der Waals surface area contributed by atoms with Gasteiger partial charge in [-0.15, -0.1) is 0 Å². The number of rotatable bonds is 3. The number of amides is 2. The average Bonchev–Trinajstić information content (AvgIpc) is 2.60. The molecule has 5 nitrogen and oxygen atoms in total. The van der Waals surface area contributed by atoms with Gasteiger partial charge < -0.3 is 0 Å². The number of hydrogen-bond acceptors (Lipinski definition) is 3. The summed E-state index contributed by atoms with van der Waals surface area (Å²) in [6, 6.07) is 11.9. The highest BCUT2D eigenvalue weighted by Crippen LogP contribution is 2.09. The summed E-state index contributed by atoms with van der Waals surface area (Å²) in [5, 5.41) is 2.80. The molecule has 3 N–H and O–H groups in total. The Hall–Kier alpha value is -2.77. The van der Waals surface area contributed by atoms with E-state index in [-0.39, 0.29) is 10.9 Å². The van der Waals surface area contributed by atoms with Crippen molar-refractivity contribution in [2.45, 2.75) is 0 Å². The third-order valence-electron chi connectivity index (χ3n) is 2.93. The Labute approximate surface area is 153 Å². The lowest BCUT2D eigenvalue weighted by Crippen LogP contribution is -2.48. The minimum atomic E-state index is -0.498. The first-order valence-electron chi connectivity index (χ1n) is 7.04. The van der Waals surface area contributed by atoms with Crippen molar-refractivity contribution in [3.63, 3.8) is 0 Å². The number of carbonyl (C=O) groups is 2. The van der Waals surface area contributed by atoms with Crippen LogP contribution >= 0.6 is 23.8 Å². The van der Waals surface area contributed by atoms with Crippen LogP contribution in [0.1, 0.15) is 15.9 Å². The Balaban J connectivity index is 1.79. The highest BCUT2D eigenvalue weighted by atomic mass is 35.5. The largest absolute Gasteiger partial charge is 0.298 e. The van der Waals surface area contributed by atoms with Crippen molar-refractivity contribution in [2.75, 3.05) is 0 Å². The Morgan fingerprint density at radius 1 is 1.00 bits per heavy atom. The lowest BCUT2D eigenvalue weighted by atomic mass is 10.2. The third-order valence-corrected chi connectivity index (χ3v) is 3.39. The predicted molar refractivity (Wildman–Crippen MR) is 98.2 cm³/mol. The summed E-state index contributed by atoms with van der Waals surface area (Å²) in [6.07, 6.45) is 2.74. The zero-order valence-electron chi connectivity index (χ0n) is 12.8. The molecule has 0 aliphatic carbocycles. The van der Waals surface area contributed by atoms with Crippen LogP contribution in [0.15, 0.2) is 54.6 Å². The molecule has 8 heteroatoms. The van der Waals surface area contributed by atoms with Crippen LogP contribution in [-0.4, -0.2) is 16.9 Å². The SMILES string of the molecule is O=C(/C=C/c1ccc(F)cc1)NC(=S)NNC(=O)c1ccc(Cl)cc1. The van der Waals surface area contributed by atoms with E-state index in [0.29, 0.717) is 16.1 Å². The molecule has 0 radical (unpaired) electrons. The molecule has 0 unspecified atom stereocenters. The van der Waals surface area contributed by atoms with E-state index in [1.54, 1.807) is 24.3 Å². The van der Waals surface area contributed by atoms with E-state index in [1.165, 1.54) is 36.4 Å². The van der Waals surface area contributed by atoms with Crippen molar-refractivity contribution >= 4 is 46.8 Å². The Kier molecular flexibility index (Phi) is 6.62. The maximum Gasteiger partial charge on any atom is 0.269 e. The maximum absolute atomic E-state index is 12.8. The molecule has 0 spiro atoms. The molecule has 2 rings (SSSR count). The van der Waals surface area contributed by atoms with Gasteiger partial charge in [-0.1, -0.05) is 23.7 Å². The van der Waals surface area contributed by atoms with Crippen molar-refractivity contribution in [3.05, 3.63) is 76.6 Å². The molecule has 2 amide bonds. The quantitative estimate of drug-likeness (QED) is 0.437. The monoisotopic (exact) mass is 377 g/mol. The van der Waals surface area contributed by atoms with Gasteiger partial charge in [-0.3, -0.25) is 25.8 Å². The fourth-order valence-electron chi connectivity index (χ4n) is 1.72. The minimum Gasteiger partial charge on any atom is -0.298 e. The summed E-state index contributed by atoms with van der Waals surface area (Å²) in [7, 11) is 0. The summed E-state index contributed by atoms with van der Waals surface area (Å²) in [6.45, 7) is 0. The molecule has 0 aliphatic rings. The number of hydrazine groups is 1. The van der Waals surface area contributed by atoms with Crippen LogP contribution < -0.4 is 16.2 Å². The van der Waals surface area contributed by atoms with Gasteiger partial charge in [0.05, 0.1) is 0 Å². The van der Waals surface area contributed by atoms with Gasteiger partial charge in [-0.25, -0.2) is 4.39 Å². The zero-order chi connectivity index (χ0) is 18.2. The molecule has 2 aromatic rings. The van der Waals surface area contributed by atoms with Gasteiger partial charge in [0.15, 0.2) is 5.11 Å². The highest BCUT2D eigenvalue weighted by molar-refractivity contribution is 7.80. The lowest BCUT2D eigenvalue weighted by molar-refractivity contribution is -0.115. The lowest BCUT2D eigenvalue weighted by Gasteiger charge is -2.09. The normalized spacial score (nSPS) is 10.3. The van der Waals surface area contributed by atoms with Crippen LogP contribution in [0.4, 0.5) is 4.39 Å². The molecular weight excluding hydrogens is 365 g/mol. The molecule has 0 fully saturated rings. The van der Waals surface area contributed by atoms with Crippen molar-refractivity contribution in [3.8, 4) is 0 Å². The van der Waals surface area contributed by atoms with Gasteiger partial charge in [-0.05, 0) is 60.3 Å². The summed E-state index contributed by atoms with van der Waals surface area (Å²) in [4.78, 5) is 23.6. The summed E-state index contributed by atoms with van der Waals surface area (Å²) < 4.78 is 12.8. The highest BCUT2D eigenvalue weighted by Gasteiger charge is 2.06.